The Labute approximate surface area is 74.9 Å². The molecule has 0 saturated carbocycles. The summed E-state index contributed by atoms with van der Waals surface area (Å²) in [5.74, 6) is 0. The Morgan fingerprint density at radius 2 is 2.17 bits per heavy atom. The van der Waals surface area contributed by atoms with Gasteiger partial charge in [0.15, 0.2) is 0 Å². The van der Waals surface area contributed by atoms with Gasteiger partial charge in [0.1, 0.15) is 0 Å². The number of nitrogens with zero attached hydrogens (tertiary/aromatic N) is 2. The van der Waals surface area contributed by atoms with Gasteiger partial charge in [0.05, 0.1) is 12.7 Å². The molecule has 1 aromatic heterocycles. The maximum absolute atomic E-state index is 4.11. The third kappa shape index (κ3) is 3.96. The van der Waals surface area contributed by atoms with Gasteiger partial charge < -0.3 is 0 Å². The summed E-state index contributed by atoms with van der Waals surface area (Å²) in [6, 6.07) is 0. The van der Waals surface area contributed by atoms with Crippen molar-refractivity contribution in [1.29, 1.82) is 0 Å². The van der Waals surface area contributed by atoms with E-state index in [1.165, 1.54) is 5.56 Å². The van der Waals surface area contributed by atoms with Crippen molar-refractivity contribution >= 4 is 0 Å². The number of aromatic nitrogens is 2. The van der Waals surface area contributed by atoms with E-state index in [1.807, 2.05) is 44.8 Å². The molecule has 2 nitrogen and oxygen atoms in total. The fraction of sp³-hybridized carbons (Fsp3) is 0.500. The highest BCUT2D eigenvalue weighted by atomic mass is 15.3. The highest BCUT2D eigenvalue weighted by molar-refractivity contribution is 5.01. The first-order chi connectivity index (χ1) is 5.68. The average molecular weight is 166 g/mol. The Morgan fingerprint density at radius 3 is 2.50 bits per heavy atom. The van der Waals surface area contributed by atoms with E-state index in [0.29, 0.717) is 0 Å². The number of hydrogen-bond donors (Lipinski definition) is 0. The molecule has 0 amide bonds. The molecular weight excluding hydrogens is 148 g/mol. The molecule has 2 heteroatoms. The van der Waals surface area contributed by atoms with E-state index in [2.05, 4.69) is 11.7 Å². The van der Waals surface area contributed by atoms with Crippen molar-refractivity contribution in [1.82, 2.24) is 9.78 Å². The lowest BCUT2D eigenvalue weighted by Crippen LogP contribution is -1.97. The molecule has 0 unspecified atom stereocenters. The molecule has 0 bridgehead atoms. The number of hydrogen-bond acceptors (Lipinski definition) is 1. The fourth-order valence-electron chi connectivity index (χ4n) is 0.830. The van der Waals surface area contributed by atoms with Crippen LogP contribution >= 0.6 is 0 Å². The van der Waals surface area contributed by atoms with Crippen molar-refractivity contribution in [3.63, 3.8) is 0 Å². The van der Waals surface area contributed by atoms with Gasteiger partial charge in [0.25, 0.3) is 0 Å². The van der Waals surface area contributed by atoms with Crippen LogP contribution in [0.3, 0.4) is 0 Å². The number of aryl methyl sites for hydroxylation is 1. The zero-order chi connectivity index (χ0) is 9.56. The lowest BCUT2D eigenvalue weighted by atomic mass is 10.3. The summed E-state index contributed by atoms with van der Waals surface area (Å²) in [4.78, 5) is 0. The van der Waals surface area contributed by atoms with Crippen molar-refractivity contribution in [3.05, 3.63) is 30.1 Å². The van der Waals surface area contributed by atoms with Crippen LogP contribution in [-0.2, 0) is 6.54 Å². The first-order valence-corrected chi connectivity index (χ1v) is 4.32. The lowest BCUT2D eigenvalue weighted by Gasteiger charge is -1.97. The Balaban J connectivity index is 0.000000561. The summed E-state index contributed by atoms with van der Waals surface area (Å²) in [5, 5.41) is 4.11. The summed E-state index contributed by atoms with van der Waals surface area (Å²) < 4.78 is 1.89. The first kappa shape index (κ1) is 11.0. The van der Waals surface area contributed by atoms with Gasteiger partial charge in [0, 0.05) is 6.20 Å². The Kier molecular flexibility index (Phi) is 5.09. The zero-order valence-electron chi connectivity index (χ0n) is 8.46. The molecule has 1 rings (SSSR count). The summed E-state index contributed by atoms with van der Waals surface area (Å²) in [5.41, 5.74) is 2.32. The predicted molar refractivity (Wildman–Crippen MR) is 53.1 cm³/mol. The van der Waals surface area contributed by atoms with E-state index in [9.17, 15) is 0 Å². The monoisotopic (exact) mass is 166 g/mol. The Morgan fingerprint density at radius 1 is 1.58 bits per heavy atom. The SMILES string of the molecule is C=C(C)Cn1cc(C)cn1.CC. The average Bonchev–Trinajstić information content (AvgIpc) is 2.39. The van der Waals surface area contributed by atoms with Crippen molar-refractivity contribution in [3.8, 4) is 0 Å². The molecular formula is C10H18N2. The standard InChI is InChI=1S/C8H12N2.C2H6/c1-7(2)5-10-6-8(3)4-9-10;1-2/h4,6H,1,5H2,2-3H3;1-2H3. The van der Waals surface area contributed by atoms with Crippen molar-refractivity contribution < 1.29 is 0 Å². The molecule has 0 aliphatic rings. The number of allylic oxidation sites excluding steroid dienone is 1. The largest absolute Gasteiger partial charge is 0.268 e. The maximum atomic E-state index is 4.11. The quantitative estimate of drug-likeness (QED) is 0.618. The van der Waals surface area contributed by atoms with Gasteiger partial charge in [-0.1, -0.05) is 26.0 Å². The normalized spacial score (nSPS) is 8.67. The van der Waals surface area contributed by atoms with Gasteiger partial charge in [-0.2, -0.15) is 5.10 Å². The topological polar surface area (TPSA) is 17.8 Å². The summed E-state index contributed by atoms with van der Waals surface area (Å²) in [7, 11) is 0. The minimum absolute atomic E-state index is 0.827. The molecule has 1 heterocycles. The predicted octanol–water partition coefficient (Wildman–Crippen LogP) is 2.79. The minimum Gasteiger partial charge on any atom is -0.268 e. The molecule has 68 valence electrons. The van der Waals surface area contributed by atoms with Crippen LogP contribution in [0, 0.1) is 6.92 Å². The van der Waals surface area contributed by atoms with Gasteiger partial charge in [-0.3, -0.25) is 4.68 Å². The molecule has 0 fully saturated rings. The molecule has 0 aliphatic heterocycles. The third-order valence-electron chi connectivity index (χ3n) is 1.19. The van der Waals surface area contributed by atoms with E-state index in [1.54, 1.807) is 0 Å². The van der Waals surface area contributed by atoms with Gasteiger partial charge in [-0.15, -0.1) is 0 Å². The molecule has 0 spiro atoms. The van der Waals surface area contributed by atoms with Gasteiger partial charge in [-0.05, 0) is 19.4 Å². The van der Waals surface area contributed by atoms with E-state index < -0.39 is 0 Å². The highest BCUT2D eigenvalue weighted by Crippen LogP contribution is 1.97. The van der Waals surface area contributed by atoms with Crippen LogP contribution in [0.4, 0.5) is 0 Å². The molecule has 1 aromatic rings. The minimum atomic E-state index is 0.827. The molecule has 0 aliphatic carbocycles. The summed E-state index contributed by atoms with van der Waals surface area (Å²) in [6.45, 7) is 12.7. The van der Waals surface area contributed by atoms with Crippen LogP contribution in [-0.4, -0.2) is 9.78 Å². The second kappa shape index (κ2) is 5.58. The maximum Gasteiger partial charge on any atom is 0.0614 e. The van der Waals surface area contributed by atoms with E-state index in [-0.39, 0.29) is 0 Å². The zero-order valence-corrected chi connectivity index (χ0v) is 8.46. The second-order valence-electron chi connectivity index (χ2n) is 2.67. The van der Waals surface area contributed by atoms with E-state index in [4.69, 9.17) is 0 Å². The van der Waals surface area contributed by atoms with Crippen LogP contribution in [0.15, 0.2) is 24.5 Å². The summed E-state index contributed by atoms with van der Waals surface area (Å²) in [6.07, 6.45) is 3.86. The van der Waals surface area contributed by atoms with E-state index >= 15 is 0 Å². The molecule has 0 saturated heterocycles. The lowest BCUT2D eigenvalue weighted by molar-refractivity contribution is 0.678. The third-order valence-corrected chi connectivity index (χ3v) is 1.19. The van der Waals surface area contributed by atoms with Gasteiger partial charge in [0.2, 0.25) is 0 Å². The molecule has 0 atom stereocenters. The fourth-order valence-corrected chi connectivity index (χ4v) is 0.830. The van der Waals surface area contributed by atoms with E-state index in [0.717, 1.165) is 12.1 Å². The highest BCUT2D eigenvalue weighted by Gasteiger charge is 1.91. The Hall–Kier alpha value is -1.05. The molecule has 12 heavy (non-hydrogen) atoms. The Bertz CT molecular complexity index is 236. The smallest absolute Gasteiger partial charge is 0.0614 e. The van der Waals surface area contributed by atoms with Crippen LogP contribution in [0.25, 0.3) is 0 Å². The van der Waals surface area contributed by atoms with Gasteiger partial charge in [-0.25, -0.2) is 0 Å². The molecule has 0 N–H and O–H groups in total. The van der Waals surface area contributed by atoms with Gasteiger partial charge >= 0.3 is 0 Å². The van der Waals surface area contributed by atoms with Crippen LogP contribution in [0.5, 0.6) is 0 Å². The number of rotatable bonds is 2. The summed E-state index contributed by atoms with van der Waals surface area (Å²) >= 11 is 0. The first-order valence-electron chi connectivity index (χ1n) is 4.32. The van der Waals surface area contributed by atoms with Crippen molar-refractivity contribution in [2.45, 2.75) is 34.2 Å². The van der Waals surface area contributed by atoms with Crippen LogP contribution in [0.1, 0.15) is 26.3 Å². The molecule has 0 aromatic carbocycles. The van der Waals surface area contributed by atoms with Crippen LogP contribution in [0.2, 0.25) is 0 Å². The van der Waals surface area contributed by atoms with Crippen LogP contribution < -0.4 is 0 Å². The van der Waals surface area contributed by atoms with Crippen molar-refractivity contribution in [2.24, 2.45) is 0 Å². The molecule has 0 radical (unpaired) electrons. The second-order valence-corrected chi connectivity index (χ2v) is 2.67. The van der Waals surface area contributed by atoms with Crippen molar-refractivity contribution in [2.75, 3.05) is 0 Å².